The molecule has 0 bridgehead atoms. The van der Waals surface area contributed by atoms with Crippen molar-refractivity contribution in [1.82, 2.24) is 0 Å². The van der Waals surface area contributed by atoms with Gasteiger partial charge in [-0.05, 0) is 29.7 Å². The Bertz CT molecular complexity index is 447. The molecule has 0 radical (unpaired) electrons. The third-order valence-corrected chi connectivity index (χ3v) is 2.47. The van der Waals surface area contributed by atoms with E-state index >= 15 is 0 Å². The van der Waals surface area contributed by atoms with Crippen LogP contribution in [0.25, 0.3) is 0 Å². The fourth-order valence-electron chi connectivity index (χ4n) is 1.58. The molecule has 2 N–H and O–H groups in total. The topological polar surface area (TPSA) is 76.1 Å². The number of benzene rings is 1. The van der Waals surface area contributed by atoms with E-state index in [1.807, 2.05) is 13.0 Å². The highest BCUT2D eigenvalue weighted by atomic mass is 16.5. The maximum atomic E-state index is 11.4. The van der Waals surface area contributed by atoms with Crippen molar-refractivity contribution >= 4 is 5.97 Å². The fraction of sp³-hybridized carbons (Fsp3) is 0.333. The molecular formula is C12H14N2O2. The Labute approximate surface area is 94.6 Å². The predicted molar refractivity (Wildman–Crippen MR) is 59.8 cm³/mol. The van der Waals surface area contributed by atoms with Crippen LogP contribution in [0.1, 0.15) is 34.0 Å². The normalized spacial score (nSPS) is 9.62. The first-order valence-corrected chi connectivity index (χ1v) is 5.02. The zero-order valence-electron chi connectivity index (χ0n) is 9.41. The number of aryl methyl sites for hydroxylation is 1. The lowest BCUT2D eigenvalue weighted by atomic mass is 9.97. The Kier molecular flexibility index (Phi) is 4.03. The lowest BCUT2D eigenvalue weighted by Gasteiger charge is -2.09. The summed E-state index contributed by atoms with van der Waals surface area (Å²) < 4.78 is 4.62. The molecule has 84 valence electrons. The molecule has 16 heavy (non-hydrogen) atoms. The third-order valence-electron chi connectivity index (χ3n) is 2.47. The van der Waals surface area contributed by atoms with Crippen molar-refractivity contribution < 1.29 is 9.53 Å². The summed E-state index contributed by atoms with van der Waals surface area (Å²) in [5, 5.41) is 8.96. The first kappa shape index (κ1) is 12.2. The second kappa shape index (κ2) is 5.29. The van der Waals surface area contributed by atoms with Gasteiger partial charge >= 0.3 is 5.97 Å². The number of hydrogen-bond donors (Lipinski definition) is 1. The van der Waals surface area contributed by atoms with E-state index in [2.05, 4.69) is 4.74 Å². The molecule has 0 spiro atoms. The lowest BCUT2D eigenvalue weighted by molar-refractivity contribution is 0.0600. The zero-order valence-corrected chi connectivity index (χ0v) is 9.41. The van der Waals surface area contributed by atoms with Gasteiger partial charge in [0, 0.05) is 6.54 Å². The Balaban J connectivity index is 3.39. The summed E-state index contributed by atoms with van der Waals surface area (Å²) in [4.78, 5) is 11.4. The van der Waals surface area contributed by atoms with E-state index in [4.69, 9.17) is 11.0 Å². The molecule has 1 aromatic rings. The Hall–Kier alpha value is -1.86. The molecule has 4 nitrogen and oxygen atoms in total. The second-order valence-corrected chi connectivity index (χ2v) is 3.33. The smallest absolute Gasteiger partial charge is 0.339 e. The molecule has 1 aromatic carbocycles. The van der Waals surface area contributed by atoms with Crippen molar-refractivity contribution in [2.24, 2.45) is 5.73 Å². The lowest BCUT2D eigenvalue weighted by Crippen LogP contribution is -2.09. The number of nitrogens with two attached hydrogens (primary N) is 1. The van der Waals surface area contributed by atoms with Crippen LogP contribution in [-0.2, 0) is 17.7 Å². The van der Waals surface area contributed by atoms with Crippen molar-refractivity contribution in [3.8, 4) is 6.07 Å². The van der Waals surface area contributed by atoms with Crippen LogP contribution in [-0.4, -0.2) is 13.1 Å². The summed E-state index contributed by atoms with van der Waals surface area (Å²) in [7, 11) is 1.29. The molecule has 1 rings (SSSR count). The molecule has 0 heterocycles. The van der Waals surface area contributed by atoms with Crippen molar-refractivity contribution in [1.29, 1.82) is 5.26 Å². The van der Waals surface area contributed by atoms with Gasteiger partial charge in [0.05, 0.1) is 18.2 Å². The van der Waals surface area contributed by atoms with Gasteiger partial charge in [-0.2, -0.15) is 5.26 Å². The molecule has 0 aliphatic rings. The third kappa shape index (κ3) is 2.20. The summed E-state index contributed by atoms with van der Waals surface area (Å²) >= 11 is 0. The maximum absolute atomic E-state index is 11.4. The van der Waals surface area contributed by atoms with Crippen LogP contribution in [0.15, 0.2) is 12.1 Å². The van der Waals surface area contributed by atoms with E-state index in [1.54, 1.807) is 12.1 Å². The number of rotatable bonds is 3. The van der Waals surface area contributed by atoms with Crippen LogP contribution in [0, 0.1) is 11.3 Å². The molecule has 0 saturated heterocycles. The zero-order chi connectivity index (χ0) is 12.1. The maximum Gasteiger partial charge on any atom is 0.339 e. The summed E-state index contributed by atoms with van der Waals surface area (Å²) in [6, 6.07) is 5.34. The highest BCUT2D eigenvalue weighted by Gasteiger charge is 2.14. The monoisotopic (exact) mass is 218 g/mol. The number of esters is 1. The van der Waals surface area contributed by atoms with E-state index in [0.717, 1.165) is 17.5 Å². The average molecular weight is 218 g/mol. The van der Waals surface area contributed by atoms with Crippen LogP contribution in [0.3, 0.4) is 0 Å². The Morgan fingerprint density at radius 1 is 1.50 bits per heavy atom. The Morgan fingerprint density at radius 3 is 2.62 bits per heavy atom. The largest absolute Gasteiger partial charge is 0.465 e. The summed E-state index contributed by atoms with van der Waals surface area (Å²) in [6.07, 6.45) is 0.780. The predicted octanol–water partition coefficient (Wildman–Crippen LogP) is 1.37. The van der Waals surface area contributed by atoms with Gasteiger partial charge in [0.2, 0.25) is 0 Å². The van der Waals surface area contributed by atoms with Crippen LogP contribution in [0.4, 0.5) is 0 Å². The first-order valence-electron chi connectivity index (χ1n) is 5.02. The van der Waals surface area contributed by atoms with Crippen LogP contribution in [0.5, 0.6) is 0 Å². The van der Waals surface area contributed by atoms with Gasteiger partial charge in [-0.3, -0.25) is 0 Å². The minimum atomic E-state index is -0.506. The van der Waals surface area contributed by atoms with Gasteiger partial charge in [0.25, 0.3) is 0 Å². The van der Waals surface area contributed by atoms with Crippen molar-refractivity contribution in [2.45, 2.75) is 19.9 Å². The van der Waals surface area contributed by atoms with Crippen molar-refractivity contribution in [3.63, 3.8) is 0 Å². The number of nitriles is 1. The molecule has 0 aliphatic heterocycles. The number of nitrogens with zero attached hydrogens (tertiary/aromatic N) is 1. The first-order chi connectivity index (χ1) is 7.67. The van der Waals surface area contributed by atoms with Crippen molar-refractivity contribution in [3.05, 3.63) is 34.4 Å². The molecule has 0 aliphatic carbocycles. The minimum Gasteiger partial charge on any atom is -0.465 e. The molecule has 0 saturated carbocycles. The van der Waals surface area contributed by atoms with Gasteiger partial charge in [0.15, 0.2) is 0 Å². The van der Waals surface area contributed by atoms with Crippen LogP contribution >= 0.6 is 0 Å². The number of carbonyl (C=O) groups excluding carboxylic acids is 1. The molecular weight excluding hydrogens is 204 g/mol. The number of hydrogen-bond acceptors (Lipinski definition) is 4. The highest BCUT2D eigenvalue weighted by molar-refractivity contribution is 5.92. The SMILES string of the molecule is CCc1cc(C#N)c(C(=O)OC)cc1CN. The standard InChI is InChI=1S/C12H14N2O2/c1-3-8-4-10(7-14)11(12(15)16-2)5-9(8)6-13/h4-5H,3,6,13H2,1-2H3. The van der Waals surface area contributed by atoms with E-state index in [1.165, 1.54) is 7.11 Å². The molecule has 0 fully saturated rings. The number of methoxy groups -OCH3 is 1. The molecule has 0 atom stereocenters. The minimum absolute atomic E-state index is 0.280. The molecule has 4 heteroatoms. The van der Waals surface area contributed by atoms with Crippen LogP contribution < -0.4 is 5.73 Å². The average Bonchev–Trinajstić information content (AvgIpc) is 2.35. The van der Waals surface area contributed by atoms with E-state index in [-0.39, 0.29) is 5.56 Å². The Morgan fingerprint density at radius 2 is 2.19 bits per heavy atom. The highest BCUT2D eigenvalue weighted by Crippen LogP contribution is 2.18. The second-order valence-electron chi connectivity index (χ2n) is 3.33. The van der Waals surface area contributed by atoms with Gasteiger partial charge < -0.3 is 10.5 Å². The van der Waals surface area contributed by atoms with E-state index in [9.17, 15) is 4.79 Å². The fourth-order valence-corrected chi connectivity index (χ4v) is 1.58. The molecule has 0 amide bonds. The van der Waals surface area contributed by atoms with Gasteiger partial charge in [0.1, 0.15) is 6.07 Å². The van der Waals surface area contributed by atoms with Gasteiger partial charge in [-0.15, -0.1) is 0 Å². The van der Waals surface area contributed by atoms with E-state index < -0.39 is 5.97 Å². The number of carbonyl (C=O) groups is 1. The van der Waals surface area contributed by atoms with Crippen LogP contribution in [0.2, 0.25) is 0 Å². The van der Waals surface area contributed by atoms with Crippen molar-refractivity contribution in [2.75, 3.05) is 7.11 Å². The van der Waals surface area contributed by atoms with E-state index in [0.29, 0.717) is 12.1 Å². The molecule has 0 aromatic heterocycles. The summed E-state index contributed by atoms with van der Waals surface area (Å²) in [6.45, 7) is 2.33. The van der Waals surface area contributed by atoms with Gasteiger partial charge in [-0.25, -0.2) is 4.79 Å². The summed E-state index contributed by atoms with van der Waals surface area (Å²) in [5.74, 6) is -0.506. The quantitative estimate of drug-likeness (QED) is 0.777. The number of ether oxygens (including phenoxy) is 1. The summed E-state index contributed by atoms with van der Waals surface area (Å²) in [5.41, 5.74) is 8.08. The molecule has 0 unspecified atom stereocenters. The van der Waals surface area contributed by atoms with Gasteiger partial charge in [-0.1, -0.05) is 6.92 Å².